The van der Waals surface area contributed by atoms with E-state index in [0.29, 0.717) is 17.6 Å². The molecule has 0 radical (unpaired) electrons. The number of allylic oxidation sites excluding steroid dienone is 1. The summed E-state index contributed by atoms with van der Waals surface area (Å²) in [5.74, 6) is 5.70. The summed E-state index contributed by atoms with van der Waals surface area (Å²) in [5, 5.41) is 0. The van der Waals surface area contributed by atoms with Crippen LogP contribution in [0.2, 0.25) is 32.2 Å². The van der Waals surface area contributed by atoms with E-state index in [9.17, 15) is 4.79 Å². The molecule has 1 aromatic carbocycles. The molecule has 0 saturated heterocycles. The zero-order chi connectivity index (χ0) is 34.0. The summed E-state index contributed by atoms with van der Waals surface area (Å²) in [4.78, 5) is 13.2. The fourth-order valence-electron chi connectivity index (χ4n) is 11.0. The molecular formula is C41H68O4Si2. The maximum absolute atomic E-state index is 13.2. The van der Waals surface area contributed by atoms with Gasteiger partial charge in [-0.25, -0.2) is 4.79 Å². The lowest BCUT2D eigenvalue weighted by Gasteiger charge is -2.58. The van der Waals surface area contributed by atoms with Crippen molar-refractivity contribution in [3.63, 3.8) is 0 Å². The lowest BCUT2D eigenvalue weighted by molar-refractivity contribution is -0.0594. The Morgan fingerprint density at radius 1 is 0.957 bits per heavy atom. The molecule has 47 heavy (non-hydrogen) atoms. The first kappa shape index (κ1) is 36.9. The van der Waals surface area contributed by atoms with E-state index < -0.39 is 17.4 Å². The maximum atomic E-state index is 13.2. The van der Waals surface area contributed by atoms with Gasteiger partial charge >= 0.3 is 5.97 Å². The number of rotatable bonds is 14. The van der Waals surface area contributed by atoms with Gasteiger partial charge in [0.2, 0.25) is 0 Å². The fourth-order valence-corrected chi connectivity index (χ4v) is 17.6. The second-order valence-electron chi connectivity index (χ2n) is 18.0. The SMILES string of the molecule is CC(C)CCC[C@@H](C)[C@H]1CCC2C3CC=C4CC(OC(=O)c5ccc(OCCC[Si](C)(C)O[SiH](C)C)cc5)CC[C@]4(C)C3CC[C@@]21C. The Hall–Kier alpha value is -1.38. The van der Waals surface area contributed by atoms with Gasteiger partial charge in [0.1, 0.15) is 11.9 Å². The van der Waals surface area contributed by atoms with E-state index in [1.165, 1.54) is 51.4 Å². The van der Waals surface area contributed by atoms with Gasteiger partial charge in [0.15, 0.2) is 17.4 Å². The van der Waals surface area contributed by atoms with Crippen LogP contribution in [0.25, 0.3) is 0 Å². The van der Waals surface area contributed by atoms with Gasteiger partial charge in [-0.2, -0.15) is 0 Å². The number of hydrogen-bond donors (Lipinski definition) is 0. The monoisotopic (exact) mass is 680 g/mol. The summed E-state index contributed by atoms with van der Waals surface area (Å²) in [6.07, 6.45) is 17.7. The summed E-state index contributed by atoms with van der Waals surface area (Å²) in [6, 6.07) is 8.66. The maximum Gasteiger partial charge on any atom is 0.338 e. The van der Waals surface area contributed by atoms with Gasteiger partial charge in [-0.05, 0) is 154 Å². The number of ether oxygens (including phenoxy) is 2. The van der Waals surface area contributed by atoms with Crippen LogP contribution in [0, 0.1) is 46.3 Å². The third-order valence-electron chi connectivity index (χ3n) is 13.4. The lowest BCUT2D eigenvalue weighted by atomic mass is 9.47. The largest absolute Gasteiger partial charge is 0.494 e. The highest BCUT2D eigenvalue weighted by Crippen LogP contribution is 2.67. The predicted molar refractivity (Wildman–Crippen MR) is 201 cm³/mol. The molecule has 6 heteroatoms. The Bertz CT molecular complexity index is 1220. The summed E-state index contributed by atoms with van der Waals surface area (Å²) in [5.41, 5.74) is 3.00. The van der Waals surface area contributed by atoms with Crippen LogP contribution >= 0.6 is 0 Å². The van der Waals surface area contributed by atoms with Crippen molar-refractivity contribution in [3.8, 4) is 5.75 Å². The highest BCUT2D eigenvalue weighted by molar-refractivity contribution is 6.77. The van der Waals surface area contributed by atoms with Crippen LogP contribution in [-0.4, -0.2) is 36.0 Å². The Labute approximate surface area is 291 Å². The molecule has 264 valence electrons. The molecule has 0 bridgehead atoms. The van der Waals surface area contributed by atoms with Crippen LogP contribution in [0.15, 0.2) is 35.9 Å². The van der Waals surface area contributed by atoms with Crippen molar-refractivity contribution in [3.05, 3.63) is 41.5 Å². The van der Waals surface area contributed by atoms with Gasteiger partial charge in [-0.3, -0.25) is 0 Å². The lowest BCUT2D eigenvalue weighted by Crippen LogP contribution is -2.51. The number of hydrogen-bond acceptors (Lipinski definition) is 4. The zero-order valence-electron chi connectivity index (χ0n) is 31.5. The molecular weight excluding hydrogens is 613 g/mol. The van der Waals surface area contributed by atoms with Crippen molar-refractivity contribution < 1.29 is 18.4 Å². The molecule has 0 spiro atoms. The minimum atomic E-state index is -1.58. The van der Waals surface area contributed by atoms with E-state index in [-0.39, 0.29) is 17.5 Å². The summed E-state index contributed by atoms with van der Waals surface area (Å²) >= 11 is 0. The first-order valence-corrected chi connectivity index (χ1v) is 25.4. The molecule has 0 amide bonds. The Morgan fingerprint density at radius 3 is 2.40 bits per heavy atom. The highest BCUT2D eigenvalue weighted by atomic mass is 28.4. The van der Waals surface area contributed by atoms with Crippen molar-refractivity contribution in [1.82, 2.24) is 0 Å². The van der Waals surface area contributed by atoms with Gasteiger partial charge in [0.25, 0.3) is 0 Å². The molecule has 8 atom stereocenters. The van der Waals surface area contributed by atoms with Gasteiger partial charge < -0.3 is 13.6 Å². The summed E-state index contributed by atoms with van der Waals surface area (Å²) in [6.45, 7) is 22.4. The smallest absolute Gasteiger partial charge is 0.338 e. The van der Waals surface area contributed by atoms with Crippen LogP contribution in [0.4, 0.5) is 0 Å². The molecule has 4 unspecified atom stereocenters. The highest BCUT2D eigenvalue weighted by Gasteiger charge is 2.59. The summed E-state index contributed by atoms with van der Waals surface area (Å²) < 4.78 is 18.4. The second-order valence-corrected chi connectivity index (χ2v) is 25.0. The quantitative estimate of drug-likeness (QED) is 0.0849. The number of carbonyl (C=O) groups excluding carboxylic acids is 1. The normalized spacial score (nSPS) is 32.7. The van der Waals surface area contributed by atoms with Crippen LogP contribution < -0.4 is 4.74 Å². The molecule has 0 aliphatic heterocycles. The van der Waals surface area contributed by atoms with Crippen LogP contribution in [0.3, 0.4) is 0 Å². The van der Waals surface area contributed by atoms with E-state index in [0.717, 1.165) is 73.0 Å². The standard InChI is InChI=1S/C41H68O4Si2/c1-29(2)12-10-13-30(3)36-20-21-37-35-19-16-32-28-34(22-24-40(32,4)38(35)23-25-41(36,37)5)44-39(42)31-14-17-33(18-15-31)43-26-11-27-47(8,9)45-46(6)7/h14-18,29-30,34-38,46H,10-13,19-28H2,1-9H3/t30-,34?,35?,36-,37?,38?,40+,41-/m1/s1. The van der Waals surface area contributed by atoms with Gasteiger partial charge in [-0.1, -0.05) is 65.5 Å². The number of esters is 1. The van der Waals surface area contributed by atoms with Crippen molar-refractivity contribution in [2.75, 3.05) is 6.61 Å². The third kappa shape index (κ3) is 8.51. The molecule has 0 aromatic heterocycles. The molecule has 0 N–H and O–H groups in total. The fraction of sp³-hybridized carbons (Fsp3) is 0.780. The molecule has 0 heterocycles. The first-order valence-electron chi connectivity index (χ1n) is 19.5. The van der Waals surface area contributed by atoms with Crippen molar-refractivity contribution in [2.45, 2.75) is 150 Å². The zero-order valence-corrected chi connectivity index (χ0v) is 33.7. The van der Waals surface area contributed by atoms with Crippen LogP contribution in [0.1, 0.15) is 122 Å². The van der Waals surface area contributed by atoms with E-state index in [1.54, 1.807) is 5.57 Å². The van der Waals surface area contributed by atoms with Crippen LogP contribution in [-0.2, 0) is 8.85 Å². The molecule has 4 aliphatic rings. The molecule has 3 saturated carbocycles. The Kier molecular flexibility index (Phi) is 12.0. The summed E-state index contributed by atoms with van der Waals surface area (Å²) in [7, 11) is -2.58. The molecule has 1 aromatic rings. The average molecular weight is 681 g/mol. The van der Waals surface area contributed by atoms with E-state index in [4.69, 9.17) is 13.6 Å². The Balaban J connectivity index is 1.12. The average Bonchev–Trinajstić information content (AvgIpc) is 3.36. The first-order chi connectivity index (χ1) is 22.2. The topological polar surface area (TPSA) is 44.8 Å². The molecule has 5 rings (SSSR count). The van der Waals surface area contributed by atoms with Crippen molar-refractivity contribution in [2.24, 2.45) is 46.3 Å². The van der Waals surface area contributed by atoms with Crippen molar-refractivity contribution >= 4 is 23.3 Å². The van der Waals surface area contributed by atoms with E-state index in [1.807, 2.05) is 24.3 Å². The predicted octanol–water partition coefficient (Wildman–Crippen LogP) is 11.2. The minimum absolute atomic E-state index is 0.0191. The number of carbonyl (C=O) groups is 1. The van der Waals surface area contributed by atoms with E-state index in [2.05, 4.69) is 66.9 Å². The van der Waals surface area contributed by atoms with Gasteiger partial charge in [0.05, 0.1) is 12.2 Å². The van der Waals surface area contributed by atoms with Gasteiger partial charge in [0, 0.05) is 6.42 Å². The number of fused-ring (bicyclic) bond motifs is 5. The molecule has 3 fully saturated rings. The van der Waals surface area contributed by atoms with E-state index >= 15 is 0 Å². The number of benzene rings is 1. The van der Waals surface area contributed by atoms with Crippen LogP contribution in [0.5, 0.6) is 5.75 Å². The third-order valence-corrected chi connectivity index (χ3v) is 19.4. The minimum Gasteiger partial charge on any atom is -0.494 e. The van der Waals surface area contributed by atoms with Gasteiger partial charge in [-0.15, -0.1) is 0 Å². The van der Waals surface area contributed by atoms with Crippen molar-refractivity contribution in [1.29, 1.82) is 0 Å². The molecule has 4 nitrogen and oxygen atoms in total. The molecule has 4 aliphatic carbocycles. The second kappa shape index (κ2) is 15.2. The Morgan fingerprint density at radius 2 is 1.70 bits per heavy atom.